The first-order chi connectivity index (χ1) is 8.84. The normalized spacial score (nSPS) is 19.2. The van der Waals surface area contributed by atoms with E-state index < -0.39 is 29.3 Å². The fourth-order valence-corrected chi connectivity index (χ4v) is 2.22. The second kappa shape index (κ2) is 4.42. The first-order valence-electron chi connectivity index (χ1n) is 5.84. The van der Waals surface area contributed by atoms with Crippen molar-refractivity contribution in [1.82, 2.24) is 0 Å². The number of carbonyl (C=O) groups is 4. The van der Waals surface area contributed by atoms with E-state index in [4.69, 9.17) is 0 Å². The van der Waals surface area contributed by atoms with Gasteiger partial charge in [0.1, 0.15) is 5.78 Å². The number of aryl methyl sites for hydroxylation is 2. The molecule has 19 heavy (non-hydrogen) atoms. The minimum Gasteiger partial charge on any atom is -0.299 e. The van der Waals surface area contributed by atoms with Crippen LogP contribution in [-0.2, 0) is 19.2 Å². The summed E-state index contributed by atoms with van der Waals surface area (Å²) in [7, 11) is 0. The predicted molar refractivity (Wildman–Crippen MR) is 67.6 cm³/mol. The van der Waals surface area contributed by atoms with Crippen LogP contribution in [0.5, 0.6) is 0 Å². The lowest BCUT2D eigenvalue weighted by molar-refractivity contribution is -0.139. The van der Waals surface area contributed by atoms with Crippen LogP contribution in [0.25, 0.3) is 0 Å². The molecule has 1 aromatic carbocycles. The lowest BCUT2D eigenvalue weighted by Gasteiger charge is -2.16. The number of benzene rings is 1. The molecule has 1 heterocycles. The summed E-state index contributed by atoms with van der Waals surface area (Å²) in [5.74, 6) is -4.71. The lowest BCUT2D eigenvalue weighted by atomic mass is 10.0. The molecule has 1 unspecified atom stereocenters. The van der Waals surface area contributed by atoms with E-state index in [1.54, 1.807) is 19.1 Å². The molecular formula is C14H13NO4. The quantitative estimate of drug-likeness (QED) is 0.450. The molecule has 5 nitrogen and oxygen atoms in total. The van der Waals surface area contributed by atoms with Gasteiger partial charge in [0.25, 0.3) is 5.91 Å². The van der Waals surface area contributed by atoms with Gasteiger partial charge in [-0.3, -0.25) is 19.2 Å². The minimum atomic E-state index is -1.48. The Kier molecular flexibility index (Phi) is 3.06. The molecule has 0 N–H and O–H groups in total. The monoisotopic (exact) mass is 259 g/mol. The van der Waals surface area contributed by atoms with Crippen molar-refractivity contribution in [3.05, 3.63) is 29.3 Å². The summed E-state index contributed by atoms with van der Waals surface area (Å²) < 4.78 is 0. The third-order valence-corrected chi connectivity index (χ3v) is 3.14. The van der Waals surface area contributed by atoms with Gasteiger partial charge in [0.05, 0.1) is 5.69 Å². The Morgan fingerprint density at radius 3 is 2.26 bits per heavy atom. The van der Waals surface area contributed by atoms with Gasteiger partial charge in [-0.15, -0.1) is 0 Å². The maximum atomic E-state index is 12.1. The number of hydrogen-bond donors (Lipinski definition) is 0. The lowest BCUT2D eigenvalue weighted by Crippen LogP contribution is -2.32. The average molecular weight is 259 g/mol. The average Bonchev–Trinajstić information content (AvgIpc) is 2.52. The highest BCUT2D eigenvalue weighted by molar-refractivity contribution is 6.59. The third kappa shape index (κ3) is 1.97. The zero-order valence-electron chi connectivity index (χ0n) is 10.9. The summed E-state index contributed by atoms with van der Waals surface area (Å²) >= 11 is 0. The largest absolute Gasteiger partial charge is 0.302 e. The summed E-state index contributed by atoms with van der Waals surface area (Å²) in [5.41, 5.74) is 2.05. The highest BCUT2D eigenvalue weighted by Gasteiger charge is 2.50. The molecule has 2 rings (SSSR count). The highest BCUT2D eigenvalue weighted by atomic mass is 16.2. The SMILES string of the molecule is CC(=O)C1C(=O)C(=O)N(c2ccc(C)cc2C)C1=O. The van der Waals surface area contributed by atoms with Crippen molar-refractivity contribution in [3.8, 4) is 0 Å². The molecule has 0 aromatic heterocycles. The molecule has 2 amide bonds. The van der Waals surface area contributed by atoms with E-state index in [0.29, 0.717) is 11.3 Å². The number of nitrogens with zero attached hydrogens (tertiary/aromatic N) is 1. The van der Waals surface area contributed by atoms with Crippen LogP contribution in [0.2, 0.25) is 0 Å². The van der Waals surface area contributed by atoms with E-state index in [1.165, 1.54) is 0 Å². The summed E-state index contributed by atoms with van der Waals surface area (Å²) in [6.45, 7) is 4.77. The predicted octanol–water partition coefficient (Wildman–Crippen LogP) is 0.951. The molecule has 1 atom stereocenters. The second-order valence-electron chi connectivity index (χ2n) is 4.68. The molecule has 5 heteroatoms. The van der Waals surface area contributed by atoms with Crippen LogP contribution in [0.15, 0.2) is 18.2 Å². The van der Waals surface area contributed by atoms with Gasteiger partial charge in [0.2, 0.25) is 5.78 Å². The fourth-order valence-electron chi connectivity index (χ4n) is 2.22. The van der Waals surface area contributed by atoms with Crippen molar-refractivity contribution < 1.29 is 19.2 Å². The van der Waals surface area contributed by atoms with Crippen LogP contribution in [0, 0.1) is 19.8 Å². The van der Waals surface area contributed by atoms with Crippen molar-refractivity contribution in [2.45, 2.75) is 20.8 Å². The summed E-state index contributed by atoms with van der Waals surface area (Å²) in [6.07, 6.45) is 0. The van der Waals surface area contributed by atoms with Gasteiger partial charge in [0.15, 0.2) is 5.92 Å². The van der Waals surface area contributed by atoms with Gasteiger partial charge in [-0.25, -0.2) is 4.90 Å². The van der Waals surface area contributed by atoms with E-state index in [0.717, 1.165) is 17.4 Å². The fraction of sp³-hybridized carbons (Fsp3) is 0.286. The molecule has 0 aliphatic carbocycles. The Morgan fingerprint density at radius 2 is 1.79 bits per heavy atom. The maximum Gasteiger partial charge on any atom is 0.302 e. The van der Waals surface area contributed by atoms with Gasteiger partial charge >= 0.3 is 5.91 Å². The van der Waals surface area contributed by atoms with E-state index in [2.05, 4.69) is 0 Å². The number of hydrogen-bond acceptors (Lipinski definition) is 4. The van der Waals surface area contributed by atoms with Crippen molar-refractivity contribution in [1.29, 1.82) is 0 Å². The van der Waals surface area contributed by atoms with Crippen LogP contribution in [0.3, 0.4) is 0 Å². The molecule has 1 aliphatic rings. The number of imide groups is 1. The van der Waals surface area contributed by atoms with Gasteiger partial charge < -0.3 is 0 Å². The van der Waals surface area contributed by atoms with Crippen LogP contribution in [0.4, 0.5) is 5.69 Å². The molecule has 1 saturated heterocycles. The summed E-state index contributed by atoms with van der Waals surface area (Å²) in [6, 6.07) is 5.16. The minimum absolute atomic E-state index is 0.359. The Morgan fingerprint density at radius 1 is 1.16 bits per heavy atom. The first-order valence-corrected chi connectivity index (χ1v) is 5.84. The standard InChI is InChI=1S/C14H13NO4/c1-7-4-5-10(8(2)6-7)15-13(18)11(9(3)16)12(17)14(15)19/h4-6,11H,1-3H3. The van der Waals surface area contributed by atoms with E-state index >= 15 is 0 Å². The van der Waals surface area contributed by atoms with Gasteiger partial charge in [-0.05, 0) is 32.4 Å². The molecule has 0 bridgehead atoms. The van der Waals surface area contributed by atoms with Gasteiger partial charge in [-0.2, -0.15) is 0 Å². The maximum absolute atomic E-state index is 12.1. The molecule has 98 valence electrons. The number of ketones is 2. The van der Waals surface area contributed by atoms with Crippen molar-refractivity contribution in [3.63, 3.8) is 0 Å². The van der Waals surface area contributed by atoms with E-state index in [-0.39, 0.29) is 0 Å². The van der Waals surface area contributed by atoms with Crippen molar-refractivity contribution >= 4 is 29.1 Å². The molecule has 1 fully saturated rings. The smallest absolute Gasteiger partial charge is 0.299 e. The third-order valence-electron chi connectivity index (χ3n) is 3.14. The topological polar surface area (TPSA) is 71.5 Å². The second-order valence-corrected chi connectivity index (χ2v) is 4.68. The number of rotatable bonds is 2. The molecular weight excluding hydrogens is 246 g/mol. The van der Waals surface area contributed by atoms with E-state index in [9.17, 15) is 19.2 Å². The van der Waals surface area contributed by atoms with Crippen LogP contribution in [-0.4, -0.2) is 23.4 Å². The summed E-state index contributed by atoms with van der Waals surface area (Å²) in [5, 5.41) is 0. The van der Waals surface area contributed by atoms with Crippen LogP contribution >= 0.6 is 0 Å². The number of amides is 2. The Hall–Kier alpha value is -2.30. The van der Waals surface area contributed by atoms with Crippen molar-refractivity contribution in [2.24, 2.45) is 5.92 Å². The molecule has 0 saturated carbocycles. The zero-order valence-corrected chi connectivity index (χ0v) is 10.9. The number of Topliss-reactive ketones (excluding diaryl/α,β-unsaturated/α-hetero) is 2. The molecule has 0 spiro atoms. The molecule has 1 aromatic rings. The van der Waals surface area contributed by atoms with Crippen LogP contribution < -0.4 is 4.90 Å². The van der Waals surface area contributed by atoms with Gasteiger partial charge in [-0.1, -0.05) is 17.7 Å². The van der Waals surface area contributed by atoms with Crippen LogP contribution in [0.1, 0.15) is 18.1 Å². The number of carbonyl (C=O) groups excluding carboxylic acids is 4. The first kappa shape index (κ1) is 13.1. The van der Waals surface area contributed by atoms with Gasteiger partial charge in [0, 0.05) is 0 Å². The summed E-state index contributed by atoms with van der Waals surface area (Å²) in [4.78, 5) is 47.7. The van der Waals surface area contributed by atoms with Crippen molar-refractivity contribution in [2.75, 3.05) is 4.90 Å². The molecule has 0 radical (unpaired) electrons. The zero-order chi connectivity index (χ0) is 14.3. The Balaban J connectivity index is 2.51. The van der Waals surface area contributed by atoms with E-state index in [1.807, 2.05) is 13.0 Å². The Bertz CT molecular complexity index is 618. The highest BCUT2D eigenvalue weighted by Crippen LogP contribution is 2.28. The number of anilines is 1. The molecule has 1 aliphatic heterocycles. The Labute approximate surface area is 110 Å².